The van der Waals surface area contributed by atoms with Crippen LogP contribution in [0.15, 0.2) is 53.2 Å². The minimum absolute atomic E-state index is 0.0263. The third kappa shape index (κ3) is 2.25. The number of hydrogen-bond donors (Lipinski definition) is 1. The Morgan fingerprint density at radius 3 is 2.70 bits per heavy atom. The van der Waals surface area contributed by atoms with Gasteiger partial charge in [0.1, 0.15) is 0 Å². The Morgan fingerprint density at radius 1 is 1.35 bits per heavy atom. The monoisotopic (exact) mass is 267 g/mol. The van der Waals surface area contributed by atoms with Gasteiger partial charge >= 0.3 is 0 Å². The van der Waals surface area contributed by atoms with Crippen LogP contribution >= 0.6 is 0 Å². The lowest BCUT2D eigenvalue weighted by molar-refractivity contribution is -0.129. The first-order valence-electron chi connectivity index (χ1n) is 6.75. The molecular weight excluding hydrogens is 250 g/mol. The summed E-state index contributed by atoms with van der Waals surface area (Å²) in [5, 5.41) is 6.09. The molecule has 3 rings (SSSR count). The van der Waals surface area contributed by atoms with Crippen LogP contribution in [0.25, 0.3) is 0 Å². The number of allylic oxidation sites excluding steroid dienone is 2. The summed E-state index contributed by atoms with van der Waals surface area (Å²) >= 11 is 0. The Bertz CT molecular complexity index is 626. The molecule has 1 aliphatic carbocycles. The maximum atomic E-state index is 11.8. The summed E-state index contributed by atoms with van der Waals surface area (Å²) in [5.41, 5.74) is 9.57. The number of anilines is 1. The molecule has 1 atom stereocenters. The van der Waals surface area contributed by atoms with E-state index in [9.17, 15) is 4.79 Å². The van der Waals surface area contributed by atoms with Crippen molar-refractivity contribution < 1.29 is 4.79 Å². The van der Waals surface area contributed by atoms with Crippen molar-refractivity contribution in [3.05, 3.63) is 53.6 Å². The van der Waals surface area contributed by atoms with E-state index in [1.165, 1.54) is 5.57 Å². The first kappa shape index (κ1) is 12.7. The maximum absolute atomic E-state index is 11.8. The van der Waals surface area contributed by atoms with E-state index in [4.69, 9.17) is 5.73 Å². The molecule has 0 radical (unpaired) electrons. The van der Waals surface area contributed by atoms with Crippen LogP contribution in [0.2, 0.25) is 0 Å². The second-order valence-corrected chi connectivity index (χ2v) is 5.09. The fourth-order valence-corrected chi connectivity index (χ4v) is 2.63. The Hall–Kier alpha value is -2.36. The molecule has 0 aromatic heterocycles. The van der Waals surface area contributed by atoms with E-state index < -0.39 is 0 Å². The molecule has 1 aliphatic heterocycles. The summed E-state index contributed by atoms with van der Waals surface area (Å²) in [4.78, 5) is 11.8. The number of hydrogen-bond acceptors (Lipinski definition) is 3. The number of nitrogens with two attached hydrogens (primary N) is 1. The van der Waals surface area contributed by atoms with Gasteiger partial charge < -0.3 is 5.73 Å². The van der Waals surface area contributed by atoms with Gasteiger partial charge in [-0.3, -0.25) is 4.79 Å². The topological polar surface area (TPSA) is 58.7 Å². The molecule has 2 N–H and O–H groups in total. The summed E-state index contributed by atoms with van der Waals surface area (Å²) in [5.74, 6) is -0.0263. The van der Waals surface area contributed by atoms with E-state index >= 15 is 0 Å². The normalized spacial score (nSPS) is 21.1. The van der Waals surface area contributed by atoms with E-state index in [0.29, 0.717) is 0 Å². The van der Waals surface area contributed by atoms with Gasteiger partial charge in [0.15, 0.2) is 0 Å². The van der Waals surface area contributed by atoms with Crippen LogP contribution in [0.5, 0.6) is 0 Å². The van der Waals surface area contributed by atoms with Crippen molar-refractivity contribution in [3.8, 4) is 0 Å². The van der Waals surface area contributed by atoms with Crippen molar-refractivity contribution in [1.29, 1.82) is 0 Å². The van der Waals surface area contributed by atoms with Gasteiger partial charge in [-0.05, 0) is 29.7 Å². The van der Waals surface area contributed by atoms with Gasteiger partial charge in [-0.1, -0.05) is 30.4 Å². The molecule has 20 heavy (non-hydrogen) atoms. The number of hydrazone groups is 1. The third-order valence-corrected chi connectivity index (χ3v) is 3.66. The predicted octanol–water partition coefficient (Wildman–Crippen LogP) is 2.48. The summed E-state index contributed by atoms with van der Waals surface area (Å²) in [6, 6.07) is 7.65. The van der Waals surface area contributed by atoms with E-state index in [0.717, 1.165) is 29.8 Å². The zero-order valence-electron chi connectivity index (χ0n) is 11.4. The van der Waals surface area contributed by atoms with E-state index in [1.807, 2.05) is 24.3 Å². The molecule has 0 fully saturated rings. The van der Waals surface area contributed by atoms with Crippen LogP contribution in [-0.2, 0) is 4.79 Å². The van der Waals surface area contributed by atoms with Crippen LogP contribution < -0.4 is 5.73 Å². The van der Waals surface area contributed by atoms with Crippen LogP contribution in [-0.4, -0.2) is 22.7 Å². The fourth-order valence-electron chi connectivity index (χ4n) is 2.63. The molecule has 1 aromatic rings. The van der Waals surface area contributed by atoms with Crippen molar-refractivity contribution in [1.82, 2.24) is 5.01 Å². The number of rotatable bonds is 2. The number of carbonyl (C=O) groups is 1. The molecule has 2 aliphatic rings. The highest BCUT2D eigenvalue weighted by atomic mass is 16.2. The molecule has 0 bridgehead atoms. The Labute approximate surface area is 118 Å². The standard InChI is InChI=1S/C16H17N3O/c1-11(20)19-16(13-4-2-3-5-13)10-15(18-19)12-6-8-14(17)9-7-12/h2,4-9,16H,3,10,17H2,1H3. The molecule has 0 spiro atoms. The van der Waals surface area contributed by atoms with Gasteiger partial charge in [-0.25, -0.2) is 5.01 Å². The van der Waals surface area contributed by atoms with E-state index in [2.05, 4.69) is 23.3 Å². The van der Waals surface area contributed by atoms with Crippen molar-refractivity contribution in [3.63, 3.8) is 0 Å². The summed E-state index contributed by atoms with van der Waals surface area (Å²) in [7, 11) is 0. The minimum Gasteiger partial charge on any atom is -0.399 e. The Kier molecular flexibility index (Phi) is 3.14. The fraction of sp³-hybridized carbons (Fsp3) is 0.250. The van der Waals surface area contributed by atoms with Crippen molar-refractivity contribution >= 4 is 17.3 Å². The van der Waals surface area contributed by atoms with Gasteiger partial charge in [0, 0.05) is 19.0 Å². The highest BCUT2D eigenvalue weighted by Gasteiger charge is 2.32. The zero-order valence-corrected chi connectivity index (χ0v) is 11.4. The maximum Gasteiger partial charge on any atom is 0.240 e. The van der Waals surface area contributed by atoms with Crippen LogP contribution in [0, 0.1) is 0 Å². The molecule has 1 unspecified atom stereocenters. The van der Waals surface area contributed by atoms with Gasteiger partial charge in [0.2, 0.25) is 5.91 Å². The lowest BCUT2D eigenvalue weighted by Crippen LogP contribution is -2.31. The molecule has 4 heteroatoms. The van der Waals surface area contributed by atoms with Crippen LogP contribution in [0.1, 0.15) is 25.3 Å². The lowest BCUT2D eigenvalue weighted by atomic mass is 9.99. The smallest absolute Gasteiger partial charge is 0.240 e. The molecule has 102 valence electrons. The first-order valence-corrected chi connectivity index (χ1v) is 6.75. The zero-order chi connectivity index (χ0) is 14.1. The number of nitrogens with zero attached hydrogens (tertiary/aromatic N) is 2. The first-order chi connectivity index (χ1) is 9.65. The predicted molar refractivity (Wildman–Crippen MR) is 80.2 cm³/mol. The molecule has 1 heterocycles. The Morgan fingerprint density at radius 2 is 2.10 bits per heavy atom. The lowest BCUT2D eigenvalue weighted by Gasteiger charge is -2.20. The molecule has 4 nitrogen and oxygen atoms in total. The largest absolute Gasteiger partial charge is 0.399 e. The van der Waals surface area contributed by atoms with Crippen molar-refractivity contribution in [2.24, 2.45) is 5.10 Å². The van der Waals surface area contributed by atoms with Crippen LogP contribution in [0.3, 0.4) is 0 Å². The molecule has 0 saturated heterocycles. The van der Waals surface area contributed by atoms with Crippen molar-refractivity contribution in [2.75, 3.05) is 5.73 Å². The van der Waals surface area contributed by atoms with Gasteiger partial charge in [-0.2, -0.15) is 5.10 Å². The second-order valence-electron chi connectivity index (χ2n) is 5.09. The summed E-state index contributed by atoms with van der Waals surface area (Å²) in [6.07, 6.45) is 8.04. The van der Waals surface area contributed by atoms with Crippen LogP contribution in [0.4, 0.5) is 5.69 Å². The molecular formula is C16H17N3O. The molecule has 1 amide bonds. The van der Waals surface area contributed by atoms with Gasteiger partial charge in [-0.15, -0.1) is 0 Å². The third-order valence-electron chi connectivity index (χ3n) is 3.66. The molecule has 0 saturated carbocycles. The summed E-state index contributed by atoms with van der Waals surface area (Å²) < 4.78 is 0. The van der Waals surface area contributed by atoms with E-state index in [1.54, 1.807) is 11.9 Å². The quantitative estimate of drug-likeness (QED) is 0.837. The van der Waals surface area contributed by atoms with Gasteiger partial charge in [0.05, 0.1) is 11.8 Å². The van der Waals surface area contributed by atoms with E-state index in [-0.39, 0.29) is 11.9 Å². The average Bonchev–Trinajstić information content (AvgIpc) is 3.08. The summed E-state index contributed by atoms with van der Waals surface area (Å²) in [6.45, 7) is 1.56. The number of nitrogen functional groups attached to an aromatic ring is 1. The second kappa shape index (κ2) is 4.96. The highest BCUT2D eigenvalue weighted by Crippen LogP contribution is 2.28. The van der Waals surface area contributed by atoms with Crippen molar-refractivity contribution in [2.45, 2.75) is 25.8 Å². The average molecular weight is 267 g/mol. The van der Waals surface area contributed by atoms with Gasteiger partial charge in [0.25, 0.3) is 0 Å². The SMILES string of the molecule is CC(=O)N1N=C(c2ccc(N)cc2)CC1C1=CCC=C1. The highest BCUT2D eigenvalue weighted by molar-refractivity contribution is 6.03. The minimum atomic E-state index is -0.0263. The number of amides is 1. The molecule has 1 aromatic carbocycles. The number of carbonyl (C=O) groups excluding carboxylic acids is 1. The Balaban J connectivity index is 1.90. The number of benzene rings is 1.